The third-order valence-electron chi connectivity index (χ3n) is 3.58. The number of carboxylic acids is 1. The number of urea groups is 1. The first-order chi connectivity index (χ1) is 9.86. The van der Waals surface area contributed by atoms with Gasteiger partial charge >= 0.3 is 12.0 Å². The molecule has 120 valence electrons. The van der Waals surface area contributed by atoms with Crippen molar-refractivity contribution in [2.24, 2.45) is 11.8 Å². The van der Waals surface area contributed by atoms with Crippen LogP contribution in [0.15, 0.2) is 0 Å². The molecule has 3 N–H and O–H groups in total. The Kier molecular flexibility index (Phi) is 7.14. The lowest BCUT2D eigenvalue weighted by molar-refractivity contribution is -0.138. The predicted molar refractivity (Wildman–Crippen MR) is 77.8 cm³/mol. The summed E-state index contributed by atoms with van der Waals surface area (Å²) in [5.41, 5.74) is 0. The number of hydrogen-bond acceptors (Lipinski definition) is 4. The summed E-state index contributed by atoms with van der Waals surface area (Å²) in [5, 5.41) is 13.6. The van der Waals surface area contributed by atoms with Gasteiger partial charge in [-0.1, -0.05) is 6.92 Å². The van der Waals surface area contributed by atoms with Crippen molar-refractivity contribution in [3.8, 4) is 0 Å². The number of carbonyl (C=O) groups is 3. The monoisotopic (exact) mass is 299 g/mol. The molecule has 2 unspecified atom stereocenters. The van der Waals surface area contributed by atoms with Crippen molar-refractivity contribution in [3.63, 3.8) is 0 Å². The molecule has 0 aromatic carbocycles. The minimum absolute atomic E-state index is 0.0336. The van der Waals surface area contributed by atoms with Gasteiger partial charge in [-0.3, -0.25) is 14.9 Å². The first-order valence-electron chi connectivity index (χ1n) is 7.34. The van der Waals surface area contributed by atoms with Gasteiger partial charge in [-0.05, 0) is 38.3 Å². The minimum atomic E-state index is -0.943. The van der Waals surface area contributed by atoms with E-state index in [9.17, 15) is 14.4 Å². The Morgan fingerprint density at radius 1 is 1.33 bits per heavy atom. The number of carbonyl (C=O) groups excluding carboxylic acids is 2. The molecule has 7 heteroatoms. The van der Waals surface area contributed by atoms with E-state index in [1.807, 2.05) is 0 Å². The molecule has 1 saturated heterocycles. The third kappa shape index (κ3) is 7.65. The number of hydrogen-bond donors (Lipinski definition) is 3. The van der Waals surface area contributed by atoms with Crippen LogP contribution in [0, 0.1) is 11.8 Å². The molecule has 1 heterocycles. The van der Waals surface area contributed by atoms with Crippen LogP contribution in [-0.2, 0) is 9.59 Å². The van der Waals surface area contributed by atoms with Gasteiger partial charge in [0.25, 0.3) is 0 Å². The molecule has 0 aromatic rings. The van der Waals surface area contributed by atoms with Crippen LogP contribution in [0.25, 0.3) is 0 Å². The number of nitrogens with zero attached hydrogens (tertiary/aromatic N) is 1. The Morgan fingerprint density at radius 2 is 2.05 bits per heavy atom. The van der Waals surface area contributed by atoms with Crippen molar-refractivity contribution >= 4 is 17.9 Å². The van der Waals surface area contributed by atoms with Crippen LogP contribution in [0.3, 0.4) is 0 Å². The largest absolute Gasteiger partial charge is 0.481 e. The van der Waals surface area contributed by atoms with Crippen LogP contribution >= 0.6 is 0 Å². The Morgan fingerprint density at radius 3 is 2.67 bits per heavy atom. The van der Waals surface area contributed by atoms with Gasteiger partial charge in [0.15, 0.2) is 0 Å². The predicted octanol–water partition coefficient (Wildman–Crippen LogP) is 0.655. The Labute approximate surface area is 125 Å². The summed E-state index contributed by atoms with van der Waals surface area (Å²) in [6.07, 6.45) is 2.15. The summed E-state index contributed by atoms with van der Waals surface area (Å²) in [7, 11) is 2.06. The van der Waals surface area contributed by atoms with Gasteiger partial charge in [-0.25, -0.2) is 4.79 Å². The number of aliphatic carboxylic acids is 1. The molecule has 0 radical (unpaired) electrons. The van der Waals surface area contributed by atoms with Gasteiger partial charge in [-0.15, -0.1) is 0 Å². The van der Waals surface area contributed by atoms with Gasteiger partial charge in [0.2, 0.25) is 5.91 Å². The maximum Gasteiger partial charge on any atom is 0.321 e. The number of piperidine rings is 1. The first kappa shape index (κ1) is 17.4. The Hall–Kier alpha value is -1.63. The number of imide groups is 1. The summed E-state index contributed by atoms with van der Waals surface area (Å²) in [4.78, 5) is 35.9. The van der Waals surface area contributed by atoms with E-state index in [1.54, 1.807) is 6.92 Å². The van der Waals surface area contributed by atoms with Gasteiger partial charge < -0.3 is 15.3 Å². The Balaban J connectivity index is 2.20. The standard InChI is InChI=1S/C14H25N3O4/c1-10(7-13(19)20)6-12(18)16-14(21)15-8-11-4-3-5-17(2)9-11/h10-11H,3-9H2,1-2H3,(H,19,20)(H2,15,16,18,21). The van der Waals surface area contributed by atoms with E-state index in [4.69, 9.17) is 5.11 Å². The summed E-state index contributed by atoms with van der Waals surface area (Å²) >= 11 is 0. The van der Waals surface area contributed by atoms with Gasteiger partial charge in [0, 0.05) is 25.9 Å². The second-order valence-electron chi connectivity index (χ2n) is 5.94. The highest BCUT2D eigenvalue weighted by Crippen LogP contribution is 2.13. The van der Waals surface area contributed by atoms with E-state index in [0.717, 1.165) is 25.9 Å². The molecule has 0 bridgehead atoms. The molecule has 0 saturated carbocycles. The molecule has 0 spiro atoms. The lowest BCUT2D eigenvalue weighted by atomic mass is 9.99. The summed E-state index contributed by atoms with van der Waals surface area (Å²) in [5.74, 6) is -1.26. The highest BCUT2D eigenvalue weighted by molar-refractivity contribution is 5.94. The van der Waals surface area contributed by atoms with Crippen molar-refractivity contribution in [2.45, 2.75) is 32.6 Å². The molecule has 0 aromatic heterocycles. The fourth-order valence-electron chi connectivity index (χ4n) is 2.59. The van der Waals surface area contributed by atoms with E-state index in [2.05, 4.69) is 22.6 Å². The summed E-state index contributed by atoms with van der Waals surface area (Å²) < 4.78 is 0. The second kappa shape index (κ2) is 8.61. The normalized spacial score (nSPS) is 20.6. The maximum atomic E-state index is 11.6. The third-order valence-corrected chi connectivity index (χ3v) is 3.58. The zero-order chi connectivity index (χ0) is 15.8. The second-order valence-corrected chi connectivity index (χ2v) is 5.94. The molecule has 3 amide bonds. The van der Waals surface area contributed by atoms with Crippen molar-refractivity contribution in [3.05, 3.63) is 0 Å². The fourth-order valence-corrected chi connectivity index (χ4v) is 2.59. The topological polar surface area (TPSA) is 98.7 Å². The van der Waals surface area contributed by atoms with Crippen LogP contribution in [0.1, 0.15) is 32.6 Å². The molecule has 7 nitrogen and oxygen atoms in total. The van der Waals surface area contributed by atoms with Crippen LogP contribution in [0.4, 0.5) is 4.79 Å². The average Bonchev–Trinajstić information content (AvgIpc) is 2.35. The van der Waals surface area contributed by atoms with Crippen LogP contribution in [0.2, 0.25) is 0 Å². The first-order valence-corrected chi connectivity index (χ1v) is 7.34. The summed E-state index contributed by atoms with van der Waals surface area (Å²) in [6, 6.07) is -0.504. The number of amides is 3. The maximum absolute atomic E-state index is 11.6. The van der Waals surface area contributed by atoms with Gasteiger partial charge in [0.1, 0.15) is 0 Å². The van der Waals surface area contributed by atoms with Crippen molar-refractivity contribution in [1.82, 2.24) is 15.5 Å². The SMILES string of the molecule is CC(CC(=O)O)CC(=O)NC(=O)NCC1CCCN(C)C1. The van der Waals surface area contributed by atoms with Crippen molar-refractivity contribution in [1.29, 1.82) is 0 Å². The van der Waals surface area contributed by atoms with Crippen LogP contribution in [0.5, 0.6) is 0 Å². The quantitative estimate of drug-likeness (QED) is 0.669. The molecule has 1 rings (SSSR count). The Bertz CT molecular complexity index is 386. The fraction of sp³-hybridized carbons (Fsp3) is 0.786. The van der Waals surface area contributed by atoms with E-state index in [0.29, 0.717) is 12.5 Å². The van der Waals surface area contributed by atoms with Crippen molar-refractivity contribution < 1.29 is 19.5 Å². The highest BCUT2D eigenvalue weighted by Gasteiger charge is 2.19. The number of carboxylic acid groups (broad SMARTS) is 1. The van der Waals surface area contributed by atoms with Crippen LogP contribution < -0.4 is 10.6 Å². The molecule has 1 aliphatic rings. The summed E-state index contributed by atoms with van der Waals surface area (Å²) in [6.45, 7) is 4.25. The molecule has 1 fully saturated rings. The molecular formula is C14H25N3O4. The van der Waals surface area contributed by atoms with Crippen LogP contribution in [-0.4, -0.2) is 54.6 Å². The molecule has 21 heavy (non-hydrogen) atoms. The molecule has 1 aliphatic heterocycles. The molecular weight excluding hydrogens is 274 g/mol. The van der Waals surface area contributed by atoms with E-state index in [1.165, 1.54) is 0 Å². The zero-order valence-corrected chi connectivity index (χ0v) is 12.7. The smallest absolute Gasteiger partial charge is 0.321 e. The van der Waals surface area contributed by atoms with Gasteiger partial charge in [0.05, 0.1) is 0 Å². The molecule has 2 atom stereocenters. The minimum Gasteiger partial charge on any atom is -0.481 e. The lowest BCUT2D eigenvalue weighted by Gasteiger charge is -2.29. The van der Waals surface area contributed by atoms with E-state index >= 15 is 0 Å². The molecule has 0 aliphatic carbocycles. The van der Waals surface area contributed by atoms with Crippen molar-refractivity contribution in [2.75, 3.05) is 26.7 Å². The van der Waals surface area contributed by atoms with E-state index < -0.39 is 17.9 Å². The number of likely N-dealkylation sites (tertiary alicyclic amines) is 1. The number of rotatable bonds is 6. The zero-order valence-electron chi connectivity index (χ0n) is 12.7. The lowest BCUT2D eigenvalue weighted by Crippen LogP contribution is -2.44. The average molecular weight is 299 g/mol. The van der Waals surface area contributed by atoms with E-state index in [-0.39, 0.29) is 18.8 Å². The van der Waals surface area contributed by atoms with Gasteiger partial charge in [-0.2, -0.15) is 0 Å². The number of nitrogens with one attached hydrogen (secondary N) is 2. The highest BCUT2D eigenvalue weighted by atomic mass is 16.4.